The molecule has 3 heterocycles. The Bertz CT molecular complexity index is 848. The Morgan fingerprint density at radius 2 is 2.28 bits per heavy atom. The molecule has 0 atom stereocenters. The Hall–Kier alpha value is -2.21. The molecule has 0 saturated carbocycles. The lowest BCUT2D eigenvalue weighted by molar-refractivity contribution is 0.0702. The second kappa shape index (κ2) is 3.64. The zero-order valence-electron chi connectivity index (χ0n) is 9.38. The molecule has 0 aliphatic carbocycles. The number of carbonyl (C=O) groups is 1. The zero-order valence-corrected chi connectivity index (χ0v) is 10.2. The van der Waals surface area contributed by atoms with Gasteiger partial charge in [0, 0.05) is 6.20 Å². The van der Waals surface area contributed by atoms with Gasteiger partial charge in [0.2, 0.25) is 0 Å². The van der Waals surface area contributed by atoms with Crippen LogP contribution in [0.5, 0.6) is 0 Å². The first-order chi connectivity index (χ1) is 8.58. The number of aryl methyl sites for hydroxylation is 1. The van der Waals surface area contributed by atoms with Crippen LogP contribution in [-0.2, 0) is 0 Å². The average molecular weight is 260 g/mol. The Kier molecular flexibility index (Phi) is 2.21. The Labute approximate surface area is 105 Å². The quantitative estimate of drug-likeness (QED) is 0.725. The lowest BCUT2D eigenvalue weighted by Crippen LogP contribution is -2.14. The summed E-state index contributed by atoms with van der Waals surface area (Å²) in [5, 5.41) is 9.29. The second-order valence-electron chi connectivity index (χ2n) is 3.94. The van der Waals surface area contributed by atoms with E-state index in [1.54, 1.807) is 12.3 Å². The summed E-state index contributed by atoms with van der Waals surface area (Å²) in [4.78, 5) is 28.1. The fourth-order valence-electron chi connectivity index (χ4n) is 1.86. The highest BCUT2D eigenvalue weighted by atomic mass is 32.1. The van der Waals surface area contributed by atoms with Crippen molar-refractivity contribution in [2.45, 2.75) is 6.92 Å². The molecule has 0 saturated heterocycles. The van der Waals surface area contributed by atoms with Crippen molar-refractivity contribution in [2.75, 3.05) is 0 Å². The van der Waals surface area contributed by atoms with Crippen LogP contribution in [0.4, 0.5) is 0 Å². The summed E-state index contributed by atoms with van der Waals surface area (Å²) in [5.74, 6) is -1.04. The summed E-state index contributed by atoms with van der Waals surface area (Å²) < 4.78 is 1.44. The van der Waals surface area contributed by atoms with Gasteiger partial charge in [0.1, 0.15) is 15.4 Å². The lowest BCUT2D eigenvalue weighted by atomic mass is 10.3. The minimum absolute atomic E-state index is 0.128. The molecule has 0 unspecified atom stereocenters. The number of aromatic carboxylic acids is 1. The van der Waals surface area contributed by atoms with E-state index in [0.717, 1.165) is 16.9 Å². The highest BCUT2D eigenvalue weighted by Crippen LogP contribution is 2.22. The number of hydrogen-bond donors (Lipinski definition) is 1. The van der Waals surface area contributed by atoms with E-state index in [0.29, 0.717) is 15.9 Å². The molecule has 0 aliphatic heterocycles. The molecule has 3 rings (SSSR count). The number of hydrogen-bond acceptors (Lipinski definition) is 4. The largest absolute Gasteiger partial charge is 0.477 e. The molecule has 0 fully saturated rings. The zero-order chi connectivity index (χ0) is 12.9. The molecule has 1 N–H and O–H groups in total. The van der Waals surface area contributed by atoms with E-state index in [-0.39, 0.29) is 10.4 Å². The van der Waals surface area contributed by atoms with Gasteiger partial charge in [-0.1, -0.05) is 6.07 Å². The molecule has 90 valence electrons. The van der Waals surface area contributed by atoms with Crippen molar-refractivity contribution in [1.29, 1.82) is 0 Å². The maximum Gasteiger partial charge on any atom is 0.345 e. The minimum atomic E-state index is -1.04. The number of rotatable bonds is 1. The summed E-state index contributed by atoms with van der Waals surface area (Å²) in [6, 6.07) is 5.01. The monoisotopic (exact) mass is 260 g/mol. The fraction of sp³-hybridized carbons (Fsp3) is 0.0833. The first-order valence-corrected chi connectivity index (χ1v) is 6.04. The molecule has 3 aromatic rings. The predicted octanol–water partition coefficient (Wildman–Crippen LogP) is 1.92. The summed E-state index contributed by atoms with van der Waals surface area (Å²) >= 11 is 1.02. The van der Waals surface area contributed by atoms with Gasteiger partial charge in [-0.2, -0.15) is 0 Å². The van der Waals surface area contributed by atoms with E-state index in [2.05, 4.69) is 4.98 Å². The molecule has 0 bridgehead atoms. The summed E-state index contributed by atoms with van der Waals surface area (Å²) in [6.45, 7) is 1.86. The van der Waals surface area contributed by atoms with Crippen LogP contribution < -0.4 is 5.56 Å². The number of thiophene rings is 1. The summed E-state index contributed by atoms with van der Waals surface area (Å²) in [7, 11) is 0. The van der Waals surface area contributed by atoms with Crippen LogP contribution in [0, 0.1) is 6.92 Å². The van der Waals surface area contributed by atoms with E-state index in [1.165, 1.54) is 10.5 Å². The van der Waals surface area contributed by atoms with Gasteiger partial charge in [0.25, 0.3) is 5.56 Å². The van der Waals surface area contributed by atoms with Crippen molar-refractivity contribution in [2.24, 2.45) is 0 Å². The molecule has 3 aromatic heterocycles. The van der Waals surface area contributed by atoms with Crippen LogP contribution in [-0.4, -0.2) is 20.5 Å². The summed E-state index contributed by atoms with van der Waals surface area (Å²) in [5.41, 5.74) is 1.21. The minimum Gasteiger partial charge on any atom is -0.477 e. The standard InChI is InChI=1S/C12H8N2O3S/c1-6-3-2-4-14-9(6)13-10-7(11(14)15)5-8(18-10)12(16)17/h2-5H,1H3,(H,16,17). The van der Waals surface area contributed by atoms with Gasteiger partial charge in [-0.25, -0.2) is 9.78 Å². The van der Waals surface area contributed by atoms with Gasteiger partial charge in [0.15, 0.2) is 0 Å². The van der Waals surface area contributed by atoms with Crippen LogP contribution in [0.3, 0.4) is 0 Å². The van der Waals surface area contributed by atoms with Crippen molar-refractivity contribution in [3.05, 3.63) is 45.2 Å². The van der Waals surface area contributed by atoms with Crippen LogP contribution in [0.1, 0.15) is 15.2 Å². The SMILES string of the molecule is Cc1cccn2c(=O)c3cc(C(=O)O)sc3nc12. The van der Waals surface area contributed by atoms with E-state index in [4.69, 9.17) is 5.11 Å². The number of nitrogens with zero attached hydrogens (tertiary/aromatic N) is 2. The average Bonchev–Trinajstić information content (AvgIpc) is 2.75. The van der Waals surface area contributed by atoms with Crippen molar-refractivity contribution in [3.63, 3.8) is 0 Å². The first-order valence-electron chi connectivity index (χ1n) is 5.23. The Morgan fingerprint density at radius 3 is 3.00 bits per heavy atom. The van der Waals surface area contributed by atoms with Gasteiger partial charge in [0.05, 0.1) is 5.39 Å². The molecular weight excluding hydrogens is 252 g/mol. The van der Waals surface area contributed by atoms with Crippen molar-refractivity contribution >= 4 is 33.2 Å². The maximum atomic E-state index is 12.2. The third kappa shape index (κ3) is 1.42. The molecule has 0 spiro atoms. The third-order valence-corrected chi connectivity index (χ3v) is 3.76. The number of aromatic nitrogens is 2. The number of carboxylic acid groups (broad SMARTS) is 1. The van der Waals surface area contributed by atoms with Gasteiger partial charge in [-0.3, -0.25) is 9.20 Å². The normalized spacial score (nSPS) is 11.2. The Balaban J connectivity index is 2.53. The van der Waals surface area contributed by atoms with Gasteiger partial charge in [-0.15, -0.1) is 11.3 Å². The smallest absolute Gasteiger partial charge is 0.345 e. The third-order valence-electron chi connectivity index (χ3n) is 2.74. The van der Waals surface area contributed by atoms with Crippen LogP contribution in [0.15, 0.2) is 29.2 Å². The van der Waals surface area contributed by atoms with E-state index in [9.17, 15) is 9.59 Å². The van der Waals surface area contributed by atoms with E-state index >= 15 is 0 Å². The molecule has 5 nitrogen and oxygen atoms in total. The molecular formula is C12H8N2O3S. The molecule has 18 heavy (non-hydrogen) atoms. The lowest BCUT2D eigenvalue weighted by Gasteiger charge is -2.02. The van der Waals surface area contributed by atoms with Crippen molar-refractivity contribution < 1.29 is 9.90 Å². The molecule has 0 radical (unpaired) electrons. The number of fused-ring (bicyclic) bond motifs is 2. The molecule has 0 aromatic carbocycles. The first kappa shape index (κ1) is 10.9. The van der Waals surface area contributed by atoms with Crippen LogP contribution in [0.2, 0.25) is 0 Å². The van der Waals surface area contributed by atoms with Gasteiger partial charge >= 0.3 is 5.97 Å². The maximum absolute atomic E-state index is 12.2. The van der Waals surface area contributed by atoms with Crippen molar-refractivity contribution in [1.82, 2.24) is 9.38 Å². The number of carboxylic acids is 1. The van der Waals surface area contributed by atoms with Gasteiger partial charge in [-0.05, 0) is 24.6 Å². The van der Waals surface area contributed by atoms with E-state index in [1.807, 2.05) is 13.0 Å². The van der Waals surface area contributed by atoms with Crippen molar-refractivity contribution in [3.8, 4) is 0 Å². The molecule has 0 aliphatic rings. The molecule has 6 heteroatoms. The van der Waals surface area contributed by atoms with Gasteiger partial charge < -0.3 is 5.11 Å². The Morgan fingerprint density at radius 1 is 1.50 bits per heavy atom. The highest BCUT2D eigenvalue weighted by Gasteiger charge is 2.14. The fourth-order valence-corrected chi connectivity index (χ4v) is 2.72. The second-order valence-corrected chi connectivity index (χ2v) is 4.97. The summed E-state index contributed by atoms with van der Waals surface area (Å²) in [6.07, 6.45) is 1.63. The number of pyridine rings is 1. The molecule has 0 amide bonds. The van der Waals surface area contributed by atoms with E-state index < -0.39 is 5.97 Å². The van der Waals surface area contributed by atoms with Crippen LogP contribution in [0.25, 0.3) is 15.9 Å². The predicted molar refractivity (Wildman–Crippen MR) is 68.5 cm³/mol. The van der Waals surface area contributed by atoms with Crippen LogP contribution >= 0.6 is 11.3 Å². The topological polar surface area (TPSA) is 71.7 Å². The highest BCUT2D eigenvalue weighted by molar-refractivity contribution is 7.20.